The molecular weight excluding hydrogens is 263 g/mol. The standard InChI is InChI=1S/C12H14F3NO3/c1-18-10(17)11(16,7-19-8-12(13,14)15)9-5-3-2-4-6-9/h2-6H,7-8,16H2,1H3. The average molecular weight is 277 g/mol. The second-order valence-electron chi connectivity index (χ2n) is 3.94. The van der Waals surface area contributed by atoms with Gasteiger partial charge in [-0.25, -0.2) is 4.79 Å². The Hall–Kier alpha value is -1.60. The Morgan fingerprint density at radius 2 is 1.79 bits per heavy atom. The van der Waals surface area contributed by atoms with E-state index in [2.05, 4.69) is 9.47 Å². The molecule has 1 atom stereocenters. The van der Waals surface area contributed by atoms with Crippen molar-refractivity contribution < 1.29 is 27.4 Å². The highest BCUT2D eigenvalue weighted by molar-refractivity contribution is 5.82. The minimum atomic E-state index is -4.48. The van der Waals surface area contributed by atoms with E-state index in [1.807, 2.05) is 0 Å². The number of esters is 1. The topological polar surface area (TPSA) is 61.5 Å². The smallest absolute Gasteiger partial charge is 0.411 e. The van der Waals surface area contributed by atoms with Gasteiger partial charge in [0.25, 0.3) is 0 Å². The monoisotopic (exact) mass is 277 g/mol. The molecule has 19 heavy (non-hydrogen) atoms. The summed E-state index contributed by atoms with van der Waals surface area (Å²) in [5, 5.41) is 0. The van der Waals surface area contributed by atoms with E-state index in [-0.39, 0.29) is 0 Å². The Morgan fingerprint density at radius 1 is 1.21 bits per heavy atom. The number of methoxy groups -OCH3 is 1. The van der Waals surface area contributed by atoms with E-state index in [0.717, 1.165) is 7.11 Å². The molecule has 0 saturated heterocycles. The molecule has 0 fully saturated rings. The van der Waals surface area contributed by atoms with E-state index in [1.165, 1.54) is 12.1 Å². The molecule has 1 rings (SSSR count). The van der Waals surface area contributed by atoms with Gasteiger partial charge in [-0.3, -0.25) is 0 Å². The predicted molar refractivity (Wildman–Crippen MR) is 61.2 cm³/mol. The number of halogens is 3. The van der Waals surface area contributed by atoms with Crippen LogP contribution in [0.25, 0.3) is 0 Å². The maximum atomic E-state index is 12.0. The Balaban J connectivity index is 2.86. The number of ether oxygens (including phenoxy) is 2. The van der Waals surface area contributed by atoms with E-state index in [0.29, 0.717) is 5.56 Å². The summed E-state index contributed by atoms with van der Waals surface area (Å²) < 4.78 is 45.1. The summed E-state index contributed by atoms with van der Waals surface area (Å²) in [6.45, 7) is -2.10. The van der Waals surface area contributed by atoms with Crippen LogP contribution >= 0.6 is 0 Å². The third-order valence-corrected chi connectivity index (χ3v) is 2.43. The van der Waals surface area contributed by atoms with E-state index in [9.17, 15) is 18.0 Å². The molecule has 7 heteroatoms. The van der Waals surface area contributed by atoms with E-state index >= 15 is 0 Å². The lowest BCUT2D eigenvalue weighted by Gasteiger charge is -2.27. The van der Waals surface area contributed by atoms with E-state index in [1.54, 1.807) is 18.2 Å². The highest BCUT2D eigenvalue weighted by Crippen LogP contribution is 2.22. The number of alkyl halides is 3. The van der Waals surface area contributed by atoms with Gasteiger partial charge in [0.05, 0.1) is 13.7 Å². The van der Waals surface area contributed by atoms with Crippen LogP contribution in [-0.2, 0) is 19.8 Å². The van der Waals surface area contributed by atoms with E-state index < -0.39 is 30.9 Å². The maximum Gasteiger partial charge on any atom is 0.411 e. The van der Waals surface area contributed by atoms with Gasteiger partial charge in [-0.2, -0.15) is 13.2 Å². The number of benzene rings is 1. The highest BCUT2D eigenvalue weighted by atomic mass is 19.4. The molecule has 4 nitrogen and oxygen atoms in total. The molecule has 2 N–H and O–H groups in total. The van der Waals surface area contributed by atoms with Crippen LogP contribution in [0.5, 0.6) is 0 Å². The Morgan fingerprint density at radius 3 is 2.26 bits per heavy atom. The van der Waals surface area contributed by atoms with Crippen LogP contribution in [0, 0.1) is 0 Å². The lowest BCUT2D eigenvalue weighted by Crippen LogP contribution is -2.50. The SMILES string of the molecule is COC(=O)C(N)(COCC(F)(F)F)c1ccccc1. The number of carbonyl (C=O) groups is 1. The normalized spacial score (nSPS) is 14.8. The van der Waals surface area contributed by atoms with Gasteiger partial charge in [0.2, 0.25) is 0 Å². The summed E-state index contributed by atoms with van der Waals surface area (Å²) in [4.78, 5) is 11.7. The molecule has 0 amide bonds. The van der Waals surface area contributed by atoms with Gasteiger partial charge in [0.1, 0.15) is 6.61 Å². The fraction of sp³-hybridized carbons (Fsp3) is 0.417. The fourth-order valence-electron chi connectivity index (χ4n) is 1.51. The molecule has 1 aromatic rings. The summed E-state index contributed by atoms with van der Waals surface area (Å²) >= 11 is 0. The highest BCUT2D eigenvalue weighted by Gasteiger charge is 2.39. The zero-order valence-corrected chi connectivity index (χ0v) is 10.2. The van der Waals surface area contributed by atoms with Gasteiger partial charge < -0.3 is 15.2 Å². The molecule has 0 aliphatic rings. The van der Waals surface area contributed by atoms with Crippen molar-refractivity contribution in [3.8, 4) is 0 Å². The predicted octanol–water partition coefficient (Wildman–Crippen LogP) is 1.59. The quantitative estimate of drug-likeness (QED) is 0.830. The van der Waals surface area contributed by atoms with Crippen molar-refractivity contribution in [2.75, 3.05) is 20.3 Å². The zero-order chi connectivity index (χ0) is 14.5. The van der Waals surface area contributed by atoms with Crippen LogP contribution in [-0.4, -0.2) is 32.5 Å². The van der Waals surface area contributed by atoms with Crippen molar-refractivity contribution in [2.45, 2.75) is 11.7 Å². The number of hydrogen-bond acceptors (Lipinski definition) is 4. The summed E-state index contributed by atoms with van der Waals surface area (Å²) in [5.41, 5.74) is 4.40. The third-order valence-electron chi connectivity index (χ3n) is 2.43. The second-order valence-corrected chi connectivity index (χ2v) is 3.94. The molecule has 0 spiro atoms. The zero-order valence-electron chi connectivity index (χ0n) is 10.2. The summed E-state index contributed by atoms with van der Waals surface area (Å²) in [7, 11) is 1.11. The third kappa shape index (κ3) is 4.22. The molecule has 0 aliphatic carbocycles. The average Bonchev–Trinajstić information content (AvgIpc) is 2.37. The molecule has 0 heterocycles. The van der Waals surface area contributed by atoms with Crippen molar-refractivity contribution in [2.24, 2.45) is 5.73 Å². The Labute approximate surface area is 108 Å². The molecule has 106 valence electrons. The van der Waals surface area contributed by atoms with Gasteiger partial charge in [-0.15, -0.1) is 0 Å². The van der Waals surface area contributed by atoms with E-state index in [4.69, 9.17) is 5.73 Å². The van der Waals surface area contributed by atoms with Crippen molar-refractivity contribution in [3.05, 3.63) is 35.9 Å². The van der Waals surface area contributed by atoms with Crippen molar-refractivity contribution in [1.29, 1.82) is 0 Å². The lowest BCUT2D eigenvalue weighted by molar-refractivity contribution is -0.182. The summed E-state index contributed by atoms with van der Waals surface area (Å²) in [5.74, 6) is -0.860. The van der Waals surface area contributed by atoms with Crippen LogP contribution in [0.3, 0.4) is 0 Å². The molecule has 0 radical (unpaired) electrons. The van der Waals surface area contributed by atoms with Gasteiger partial charge in [-0.05, 0) is 5.56 Å². The van der Waals surface area contributed by atoms with Crippen LogP contribution in [0.2, 0.25) is 0 Å². The van der Waals surface area contributed by atoms with Crippen LogP contribution < -0.4 is 5.73 Å². The van der Waals surface area contributed by atoms with Gasteiger partial charge >= 0.3 is 12.1 Å². The van der Waals surface area contributed by atoms with Gasteiger partial charge in [-0.1, -0.05) is 30.3 Å². The number of hydrogen-bond donors (Lipinski definition) is 1. The second kappa shape index (κ2) is 6.03. The van der Waals surface area contributed by atoms with Crippen molar-refractivity contribution >= 4 is 5.97 Å². The number of nitrogens with two attached hydrogens (primary N) is 1. The van der Waals surface area contributed by atoms with Crippen molar-refractivity contribution in [3.63, 3.8) is 0 Å². The Bertz CT molecular complexity index is 422. The first kappa shape index (κ1) is 15.5. The van der Waals surface area contributed by atoms with Gasteiger partial charge in [0.15, 0.2) is 5.54 Å². The summed E-state index contributed by atoms with van der Waals surface area (Å²) in [6.07, 6.45) is -4.48. The van der Waals surface area contributed by atoms with Crippen molar-refractivity contribution in [1.82, 2.24) is 0 Å². The molecule has 1 unspecified atom stereocenters. The Kier molecular flexibility index (Phi) is 4.90. The summed E-state index contributed by atoms with van der Waals surface area (Å²) in [6, 6.07) is 7.97. The maximum absolute atomic E-state index is 12.0. The molecular formula is C12H14F3NO3. The first-order valence-electron chi connectivity index (χ1n) is 5.37. The van der Waals surface area contributed by atoms with Crippen LogP contribution in [0.4, 0.5) is 13.2 Å². The molecule has 0 aliphatic heterocycles. The van der Waals surface area contributed by atoms with Crippen LogP contribution in [0.1, 0.15) is 5.56 Å². The molecule has 0 aromatic heterocycles. The first-order chi connectivity index (χ1) is 8.79. The number of rotatable bonds is 5. The molecule has 0 bridgehead atoms. The first-order valence-corrected chi connectivity index (χ1v) is 5.37. The molecule has 1 aromatic carbocycles. The minimum Gasteiger partial charge on any atom is -0.467 e. The van der Waals surface area contributed by atoms with Crippen LogP contribution in [0.15, 0.2) is 30.3 Å². The molecule has 0 saturated carbocycles. The minimum absolute atomic E-state index is 0.323. The largest absolute Gasteiger partial charge is 0.467 e. The number of carbonyl (C=O) groups excluding carboxylic acids is 1. The lowest BCUT2D eigenvalue weighted by atomic mass is 9.92. The van der Waals surface area contributed by atoms with Gasteiger partial charge in [0, 0.05) is 0 Å². The fourth-order valence-corrected chi connectivity index (χ4v) is 1.51.